The fourth-order valence-corrected chi connectivity index (χ4v) is 2.21. The molecule has 100 valence electrons. The molecule has 1 aromatic rings. The number of hydrogen-bond donors (Lipinski definition) is 2. The lowest BCUT2D eigenvalue weighted by Gasteiger charge is -2.19. The maximum atomic E-state index is 11.9. The first-order valence-electron chi connectivity index (χ1n) is 6.21. The Morgan fingerprint density at radius 3 is 2.61 bits per heavy atom. The van der Waals surface area contributed by atoms with Crippen LogP contribution in [-0.4, -0.2) is 11.9 Å². The van der Waals surface area contributed by atoms with Gasteiger partial charge < -0.3 is 11.1 Å². The summed E-state index contributed by atoms with van der Waals surface area (Å²) in [5.41, 5.74) is 6.92. The molecule has 1 rings (SSSR count). The topological polar surface area (TPSA) is 55.1 Å². The van der Waals surface area contributed by atoms with Gasteiger partial charge in [-0.15, -0.1) is 0 Å². The second-order valence-corrected chi connectivity index (χ2v) is 5.94. The lowest BCUT2D eigenvalue weighted by molar-refractivity contribution is -0.123. The number of nitrogens with one attached hydrogen (secondary N) is 1. The third-order valence-electron chi connectivity index (χ3n) is 2.77. The second-order valence-electron chi connectivity index (χ2n) is 5.02. The Morgan fingerprint density at radius 2 is 2.06 bits per heavy atom. The normalized spacial score (nSPS) is 14.3. The van der Waals surface area contributed by atoms with Crippen molar-refractivity contribution in [2.24, 2.45) is 11.7 Å². The molecule has 2 atom stereocenters. The zero-order chi connectivity index (χ0) is 13.7. The Hall–Kier alpha value is -0.870. The molecule has 0 aliphatic rings. The van der Waals surface area contributed by atoms with E-state index in [0.29, 0.717) is 12.3 Å². The second kappa shape index (κ2) is 6.90. The average molecular weight is 313 g/mol. The summed E-state index contributed by atoms with van der Waals surface area (Å²) < 4.78 is 1.01. The summed E-state index contributed by atoms with van der Waals surface area (Å²) in [6.07, 6.45) is 0.705. The molecule has 0 saturated heterocycles. The first kappa shape index (κ1) is 15.2. The molecule has 0 fully saturated rings. The third-order valence-corrected chi connectivity index (χ3v) is 3.26. The highest BCUT2D eigenvalue weighted by atomic mass is 79.9. The number of rotatable bonds is 5. The van der Waals surface area contributed by atoms with Gasteiger partial charge in [0.2, 0.25) is 5.91 Å². The van der Waals surface area contributed by atoms with E-state index in [4.69, 9.17) is 5.73 Å². The summed E-state index contributed by atoms with van der Waals surface area (Å²) in [6.45, 7) is 6.08. The van der Waals surface area contributed by atoms with Crippen LogP contribution in [0.1, 0.15) is 38.8 Å². The summed E-state index contributed by atoms with van der Waals surface area (Å²) in [5, 5.41) is 2.94. The number of carbonyl (C=O) groups excluding carboxylic acids is 1. The van der Waals surface area contributed by atoms with Gasteiger partial charge in [0.1, 0.15) is 0 Å². The number of amides is 1. The van der Waals surface area contributed by atoms with E-state index in [1.165, 1.54) is 0 Å². The van der Waals surface area contributed by atoms with Crippen LogP contribution in [0.25, 0.3) is 0 Å². The third kappa shape index (κ3) is 4.78. The van der Waals surface area contributed by atoms with Crippen LogP contribution < -0.4 is 11.1 Å². The molecule has 0 aliphatic heterocycles. The Kier molecular flexibility index (Phi) is 5.82. The number of halogens is 1. The lowest BCUT2D eigenvalue weighted by atomic mass is 10.0. The SMILES string of the molecule is CC(C)CC(N)C(=O)NC(C)c1cccc(Br)c1. The molecule has 0 bridgehead atoms. The summed E-state index contributed by atoms with van der Waals surface area (Å²) in [5.74, 6) is 0.336. The molecule has 2 unspecified atom stereocenters. The number of hydrogen-bond acceptors (Lipinski definition) is 2. The van der Waals surface area contributed by atoms with Crippen molar-refractivity contribution in [2.45, 2.75) is 39.3 Å². The molecule has 0 radical (unpaired) electrons. The fraction of sp³-hybridized carbons (Fsp3) is 0.500. The predicted molar refractivity (Wildman–Crippen MR) is 78.1 cm³/mol. The molecule has 0 spiro atoms. The summed E-state index contributed by atoms with van der Waals surface area (Å²) in [4.78, 5) is 11.9. The molecule has 3 N–H and O–H groups in total. The summed E-state index contributed by atoms with van der Waals surface area (Å²) in [6, 6.07) is 7.44. The van der Waals surface area contributed by atoms with Gasteiger partial charge in [0.15, 0.2) is 0 Å². The quantitative estimate of drug-likeness (QED) is 0.878. The fourth-order valence-electron chi connectivity index (χ4n) is 1.79. The van der Waals surface area contributed by atoms with E-state index in [1.54, 1.807) is 0 Å². The minimum Gasteiger partial charge on any atom is -0.348 e. The highest BCUT2D eigenvalue weighted by molar-refractivity contribution is 9.10. The van der Waals surface area contributed by atoms with Gasteiger partial charge in [-0.1, -0.05) is 41.9 Å². The zero-order valence-corrected chi connectivity index (χ0v) is 12.7. The Labute approximate surface area is 117 Å². The van der Waals surface area contributed by atoms with Gasteiger partial charge in [0.05, 0.1) is 12.1 Å². The van der Waals surface area contributed by atoms with E-state index in [-0.39, 0.29) is 11.9 Å². The molecule has 0 aliphatic carbocycles. The van der Waals surface area contributed by atoms with Crippen molar-refractivity contribution < 1.29 is 4.79 Å². The van der Waals surface area contributed by atoms with Crippen LogP contribution in [0.4, 0.5) is 0 Å². The minimum absolute atomic E-state index is 0.0341. The maximum absolute atomic E-state index is 11.9. The standard InChI is InChI=1S/C14H21BrN2O/c1-9(2)7-13(16)14(18)17-10(3)11-5-4-6-12(15)8-11/h4-6,8-10,13H,7,16H2,1-3H3,(H,17,18). The van der Waals surface area contributed by atoms with E-state index in [1.807, 2.05) is 31.2 Å². The first-order chi connectivity index (χ1) is 8.40. The molecular formula is C14H21BrN2O. The zero-order valence-electron chi connectivity index (χ0n) is 11.1. The molecular weight excluding hydrogens is 292 g/mol. The summed E-state index contributed by atoms with van der Waals surface area (Å²) >= 11 is 3.42. The van der Waals surface area contributed by atoms with Crippen molar-refractivity contribution >= 4 is 21.8 Å². The van der Waals surface area contributed by atoms with E-state index in [2.05, 4.69) is 35.1 Å². The van der Waals surface area contributed by atoms with Crippen molar-refractivity contribution in [3.63, 3.8) is 0 Å². The van der Waals surface area contributed by atoms with Gasteiger partial charge >= 0.3 is 0 Å². The highest BCUT2D eigenvalue weighted by Crippen LogP contribution is 2.18. The van der Waals surface area contributed by atoms with E-state index in [0.717, 1.165) is 10.0 Å². The molecule has 1 amide bonds. The van der Waals surface area contributed by atoms with Gasteiger partial charge in [0, 0.05) is 4.47 Å². The van der Waals surface area contributed by atoms with Gasteiger partial charge in [-0.2, -0.15) is 0 Å². The number of benzene rings is 1. The molecule has 4 heteroatoms. The largest absolute Gasteiger partial charge is 0.348 e. The van der Waals surface area contributed by atoms with Crippen molar-refractivity contribution in [1.29, 1.82) is 0 Å². The van der Waals surface area contributed by atoms with Crippen LogP contribution in [-0.2, 0) is 4.79 Å². The van der Waals surface area contributed by atoms with Gasteiger partial charge in [-0.05, 0) is 37.0 Å². The van der Waals surface area contributed by atoms with Crippen molar-refractivity contribution in [2.75, 3.05) is 0 Å². The summed E-state index contributed by atoms with van der Waals surface area (Å²) in [7, 11) is 0. The number of nitrogens with two attached hydrogens (primary N) is 1. The monoisotopic (exact) mass is 312 g/mol. The average Bonchev–Trinajstić information content (AvgIpc) is 2.27. The molecule has 0 heterocycles. The van der Waals surface area contributed by atoms with E-state index < -0.39 is 6.04 Å². The highest BCUT2D eigenvalue weighted by Gasteiger charge is 2.17. The van der Waals surface area contributed by atoms with Crippen molar-refractivity contribution in [3.05, 3.63) is 34.3 Å². The Balaban J connectivity index is 2.59. The molecule has 18 heavy (non-hydrogen) atoms. The molecule has 1 aromatic carbocycles. The van der Waals surface area contributed by atoms with Crippen LogP contribution in [0.5, 0.6) is 0 Å². The molecule has 0 aromatic heterocycles. The van der Waals surface area contributed by atoms with E-state index >= 15 is 0 Å². The predicted octanol–water partition coefficient (Wildman–Crippen LogP) is 3.00. The van der Waals surface area contributed by atoms with Gasteiger partial charge in [-0.25, -0.2) is 0 Å². The smallest absolute Gasteiger partial charge is 0.237 e. The van der Waals surface area contributed by atoms with Crippen LogP contribution in [0, 0.1) is 5.92 Å². The van der Waals surface area contributed by atoms with Crippen molar-refractivity contribution in [1.82, 2.24) is 5.32 Å². The molecule has 3 nitrogen and oxygen atoms in total. The first-order valence-corrected chi connectivity index (χ1v) is 7.01. The number of carbonyl (C=O) groups is 1. The molecule has 0 saturated carbocycles. The van der Waals surface area contributed by atoms with Gasteiger partial charge in [-0.3, -0.25) is 4.79 Å². The van der Waals surface area contributed by atoms with Crippen LogP contribution in [0.2, 0.25) is 0 Å². The minimum atomic E-state index is -0.431. The maximum Gasteiger partial charge on any atom is 0.237 e. The Bertz CT molecular complexity index is 407. The van der Waals surface area contributed by atoms with Crippen LogP contribution in [0.3, 0.4) is 0 Å². The van der Waals surface area contributed by atoms with Crippen molar-refractivity contribution in [3.8, 4) is 0 Å². The lowest BCUT2D eigenvalue weighted by Crippen LogP contribution is -2.42. The Morgan fingerprint density at radius 1 is 1.39 bits per heavy atom. The van der Waals surface area contributed by atoms with Crippen LogP contribution in [0.15, 0.2) is 28.7 Å². The van der Waals surface area contributed by atoms with E-state index in [9.17, 15) is 4.79 Å². The van der Waals surface area contributed by atoms with Crippen LogP contribution >= 0.6 is 15.9 Å². The van der Waals surface area contributed by atoms with Gasteiger partial charge in [0.25, 0.3) is 0 Å².